The molecule has 1 aliphatic rings. The molecule has 0 amide bonds. The summed E-state index contributed by atoms with van der Waals surface area (Å²) < 4.78 is 2.45. The van der Waals surface area contributed by atoms with Crippen LogP contribution in [0.2, 0.25) is 0 Å². The molecule has 2 rings (SSSR count). The van der Waals surface area contributed by atoms with Gasteiger partial charge < -0.3 is 5.32 Å². The molecule has 0 aliphatic heterocycles. The first-order valence-electron chi connectivity index (χ1n) is 7.55. The molecule has 0 atom stereocenters. The largest absolute Gasteiger partial charge is 0.314 e. The number of halogens is 2. The predicted molar refractivity (Wildman–Crippen MR) is 94.3 cm³/mol. The summed E-state index contributed by atoms with van der Waals surface area (Å²) in [6.07, 6.45) is 6.38. The van der Waals surface area contributed by atoms with Crippen LogP contribution in [0, 0.1) is 12.3 Å². The minimum atomic E-state index is 0.401. The van der Waals surface area contributed by atoms with Gasteiger partial charge in [-0.3, -0.25) is 0 Å². The highest BCUT2D eigenvalue weighted by atomic mass is 79.9. The Labute approximate surface area is 140 Å². The highest BCUT2D eigenvalue weighted by molar-refractivity contribution is 9.11. The van der Waals surface area contributed by atoms with Crippen molar-refractivity contribution in [3.63, 3.8) is 0 Å². The van der Waals surface area contributed by atoms with Gasteiger partial charge in [-0.2, -0.15) is 0 Å². The van der Waals surface area contributed by atoms with Gasteiger partial charge in [0.25, 0.3) is 0 Å². The molecular weight excluding hydrogens is 378 g/mol. The van der Waals surface area contributed by atoms with Crippen LogP contribution in [0.25, 0.3) is 0 Å². The molecule has 0 aromatic heterocycles. The second-order valence-corrected chi connectivity index (χ2v) is 8.54. The van der Waals surface area contributed by atoms with Gasteiger partial charge in [0, 0.05) is 15.0 Å². The zero-order chi connectivity index (χ0) is 14.8. The predicted octanol–water partition coefficient (Wildman–Crippen LogP) is 5.62. The van der Waals surface area contributed by atoms with Crippen LogP contribution in [0.4, 0.5) is 0 Å². The first kappa shape index (κ1) is 16.5. The third-order valence-corrected chi connectivity index (χ3v) is 5.80. The fraction of sp³-hybridized carbons (Fsp3) is 0.647. The summed E-state index contributed by atoms with van der Waals surface area (Å²) in [6.45, 7) is 8.07. The number of nitrogens with one attached hydrogen (secondary N) is 1. The van der Waals surface area contributed by atoms with Crippen LogP contribution in [0.3, 0.4) is 0 Å². The van der Waals surface area contributed by atoms with E-state index in [4.69, 9.17) is 0 Å². The summed E-state index contributed by atoms with van der Waals surface area (Å²) >= 11 is 7.33. The van der Waals surface area contributed by atoms with E-state index in [1.807, 2.05) is 0 Å². The van der Waals surface area contributed by atoms with Gasteiger partial charge in [0.05, 0.1) is 0 Å². The smallest absolute Gasteiger partial charge is 0.0210 e. The molecule has 1 nitrogen and oxygen atoms in total. The fourth-order valence-corrected chi connectivity index (χ4v) is 3.43. The van der Waals surface area contributed by atoms with Crippen LogP contribution >= 0.6 is 31.9 Å². The zero-order valence-electron chi connectivity index (χ0n) is 12.7. The molecule has 0 heterocycles. The highest BCUT2D eigenvalue weighted by Crippen LogP contribution is 2.31. The van der Waals surface area contributed by atoms with Crippen molar-refractivity contribution >= 4 is 31.9 Å². The van der Waals surface area contributed by atoms with Crippen molar-refractivity contribution < 1.29 is 0 Å². The number of hydrogen-bond donors (Lipinski definition) is 1. The van der Waals surface area contributed by atoms with E-state index in [0.29, 0.717) is 5.41 Å². The van der Waals surface area contributed by atoms with Crippen LogP contribution < -0.4 is 5.32 Å². The summed E-state index contributed by atoms with van der Waals surface area (Å²) in [5, 5.41) is 3.62. The average Bonchev–Trinajstić information content (AvgIpc) is 3.16. The van der Waals surface area contributed by atoms with Crippen LogP contribution in [-0.4, -0.2) is 12.6 Å². The van der Waals surface area contributed by atoms with E-state index in [1.54, 1.807) is 0 Å². The zero-order valence-corrected chi connectivity index (χ0v) is 15.9. The summed E-state index contributed by atoms with van der Waals surface area (Å²) in [5.74, 6) is 0. The van der Waals surface area contributed by atoms with E-state index in [2.05, 4.69) is 70.1 Å². The molecule has 0 saturated heterocycles. The minimum Gasteiger partial charge on any atom is -0.314 e. The lowest BCUT2D eigenvalue weighted by Crippen LogP contribution is -2.24. The third kappa shape index (κ3) is 5.16. The number of benzene rings is 1. The molecule has 0 spiro atoms. The molecule has 1 aromatic rings. The Hall–Kier alpha value is 0.140. The quantitative estimate of drug-likeness (QED) is 0.623. The van der Waals surface area contributed by atoms with Crippen LogP contribution in [-0.2, 0) is 6.42 Å². The van der Waals surface area contributed by atoms with Crippen molar-refractivity contribution in [3.8, 4) is 0 Å². The van der Waals surface area contributed by atoms with Gasteiger partial charge in [-0.25, -0.2) is 0 Å². The molecule has 20 heavy (non-hydrogen) atoms. The first-order chi connectivity index (χ1) is 9.37. The fourth-order valence-electron chi connectivity index (χ4n) is 2.38. The summed E-state index contributed by atoms with van der Waals surface area (Å²) in [6, 6.07) is 5.30. The summed E-state index contributed by atoms with van der Waals surface area (Å²) in [5.41, 5.74) is 3.10. The lowest BCUT2D eigenvalue weighted by Gasteiger charge is -2.25. The Morgan fingerprint density at radius 3 is 2.50 bits per heavy atom. The third-order valence-electron chi connectivity index (χ3n) is 4.21. The second-order valence-electron chi connectivity index (χ2n) is 6.84. The van der Waals surface area contributed by atoms with E-state index >= 15 is 0 Å². The maximum atomic E-state index is 3.70. The van der Waals surface area contributed by atoms with Gasteiger partial charge in [-0.05, 0) is 74.2 Å². The lowest BCUT2D eigenvalue weighted by molar-refractivity contribution is 0.301. The summed E-state index contributed by atoms with van der Waals surface area (Å²) in [7, 11) is 0. The van der Waals surface area contributed by atoms with Crippen molar-refractivity contribution in [2.24, 2.45) is 5.41 Å². The van der Waals surface area contributed by atoms with Crippen molar-refractivity contribution in [2.75, 3.05) is 6.54 Å². The normalized spacial score (nSPS) is 15.7. The van der Waals surface area contributed by atoms with E-state index in [-0.39, 0.29) is 0 Å². The standard InChI is InChI=1S/C17H25Br2N/c1-12-10-16(19)13(11-15(12)18)6-7-17(2,3)8-9-20-14-4-5-14/h10-11,14,20H,4-9H2,1-3H3. The van der Waals surface area contributed by atoms with E-state index in [9.17, 15) is 0 Å². The molecule has 3 heteroatoms. The molecule has 1 aliphatic carbocycles. The van der Waals surface area contributed by atoms with E-state index < -0.39 is 0 Å². The SMILES string of the molecule is Cc1cc(Br)c(CCC(C)(C)CCNC2CC2)cc1Br. The van der Waals surface area contributed by atoms with Gasteiger partial charge >= 0.3 is 0 Å². The van der Waals surface area contributed by atoms with Gasteiger partial charge in [0.1, 0.15) is 0 Å². The molecule has 1 saturated carbocycles. The van der Waals surface area contributed by atoms with Crippen LogP contribution in [0.1, 0.15) is 50.7 Å². The lowest BCUT2D eigenvalue weighted by atomic mass is 9.83. The van der Waals surface area contributed by atoms with Crippen molar-refractivity contribution in [1.82, 2.24) is 5.32 Å². The molecule has 1 fully saturated rings. The van der Waals surface area contributed by atoms with Crippen molar-refractivity contribution in [1.29, 1.82) is 0 Å². The average molecular weight is 403 g/mol. The van der Waals surface area contributed by atoms with Crippen molar-refractivity contribution in [3.05, 3.63) is 32.2 Å². The number of aryl methyl sites for hydroxylation is 2. The van der Waals surface area contributed by atoms with Gasteiger partial charge in [-0.1, -0.05) is 45.7 Å². The van der Waals surface area contributed by atoms with Crippen LogP contribution in [0.5, 0.6) is 0 Å². The second kappa shape index (κ2) is 6.93. The summed E-state index contributed by atoms with van der Waals surface area (Å²) in [4.78, 5) is 0. The van der Waals surface area contributed by atoms with Gasteiger partial charge in [0.15, 0.2) is 0 Å². The molecule has 0 unspecified atom stereocenters. The number of rotatable bonds is 7. The van der Waals surface area contributed by atoms with Gasteiger partial charge in [0.2, 0.25) is 0 Å². The molecule has 1 N–H and O–H groups in total. The van der Waals surface area contributed by atoms with Crippen LogP contribution in [0.15, 0.2) is 21.1 Å². The van der Waals surface area contributed by atoms with Crippen molar-refractivity contribution in [2.45, 2.75) is 58.9 Å². The molecule has 0 bridgehead atoms. The Morgan fingerprint density at radius 1 is 1.15 bits per heavy atom. The maximum absolute atomic E-state index is 3.70. The topological polar surface area (TPSA) is 12.0 Å². The van der Waals surface area contributed by atoms with Gasteiger partial charge in [-0.15, -0.1) is 0 Å². The molecular formula is C17H25Br2N. The monoisotopic (exact) mass is 401 g/mol. The highest BCUT2D eigenvalue weighted by Gasteiger charge is 2.23. The van der Waals surface area contributed by atoms with E-state index in [0.717, 1.165) is 19.0 Å². The molecule has 0 radical (unpaired) electrons. The van der Waals surface area contributed by atoms with E-state index in [1.165, 1.54) is 45.8 Å². The molecule has 1 aromatic carbocycles. The Kier molecular flexibility index (Phi) is 5.72. The Balaban J connectivity index is 1.84. The maximum Gasteiger partial charge on any atom is 0.0210 e. The molecule has 112 valence electrons. The number of hydrogen-bond acceptors (Lipinski definition) is 1. The first-order valence-corrected chi connectivity index (χ1v) is 9.14. The Morgan fingerprint density at radius 2 is 1.85 bits per heavy atom. The minimum absolute atomic E-state index is 0.401. The Bertz CT molecular complexity index is 464.